The number of piperazine rings is 1. The van der Waals surface area contributed by atoms with E-state index in [0.29, 0.717) is 11.3 Å². The molecule has 0 unspecified atom stereocenters. The highest BCUT2D eigenvalue weighted by Gasteiger charge is 2.26. The van der Waals surface area contributed by atoms with Crippen molar-refractivity contribution in [3.05, 3.63) is 29.6 Å². The first-order valence-electron chi connectivity index (χ1n) is 5.48. The highest BCUT2D eigenvalue weighted by molar-refractivity contribution is 5.99. The fraction of sp³-hybridized carbons (Fsp3) is 0.333. The van der Waals surface area contributed by atoms with Crippen LogP contribution in [0, 0.1) is 5.82 Å². The number of rotatable bonds is 3. The van der Waals surface area contributed by atoms with Crippen LogP contribution in [0.2, 0.25) is 0 Å². The van der Waals surface area contributed by atoms with Crippen molar-refractivity contribution in [2.75, 3.05) is 20.2 Å². The normalized spacial score (nSPS) is 16.0. The topological polar surface area (TPSA) is 58.6 Å². The van der Waals surface area contributed by atoms with Gasteiger partial charge in [-0.15, -0.1) is 0 Å². The molecule has 6 heteroatoms. The fourth-order valence-electron chi connectivity index (χ4n) is 1.74. The predicted molar refractivity (Wildman–Crippen MR) is 61.4 cm³/mol. The first kappa shape index (κ1) is 12.5. The van der Waals surface area contributed by atoms with Crippen molar-refractivity contribution in [3.8, 4) is 5.75 Å². The van der Waals surface area contributed by atoms with Gasteiger partial charge in [0.15, 0.2) is 0 Å². The lowest BCUT2D eigenvalue weighted by Gasteiger charge is -2.25. The maximum absolute atomic E-state index is 13.7. The van der Waals surface area contributed by atoms with Gasteiger partial charge in [-0.3, -0.25) is 19.8 Å². The van der Waals surface area contributed by atoms with Gasteiger partial charge in [-0.2, -0.15) is 0 Å². The molecule has 1 aliphatic heterocycles. The lowest BCUT2D eigenvalue weighted by molar-refractivity contribution is -0.147. The van der Waals surface area contributed by atoms with Crippen molar-refractivity contribution < 1.29 is 18.7 Å². The zero-order chi connectivity index (χ0) is 13.1. The monoisotopic (exact) mass is 252 g/mol. The summed E-state index contributed by atoms with van der Waals surface area (Å²) in [5, 5.41) is 2.68. The largest absolute Gasteiger partial charge is 0.497 e. The summed E-state index contributed by atoms with van der Waals surface area (Å²) in [5.41, 5.74) is 0.291. The Morgan fingerprint density at radius 2 is 2.00 bits per heavy atom. The fourth-order valence-corrected chi connectivity index (χ4v) is 1.74. The molecule has 1 N–H and O–H groups in total. The van der Waals surface area contributed by atoms with Crippen LogP contribution in [-0.4, -0.2) is 36.9 Å². The minimum absolute atomic E-state index is 0.0465. The van der Waals surface area contributed by atoms with E-state index in [1.54, 1.807) is 6.07 Å². The summed E-state index contributed by atoms with van der Waals surface area (Å²) in [4.78, 5) is 24.1. The number of imide groups is 1. The number of halogens is 1. The number of ether oxygens (including phenoxy) is 1. The number of methoxy groups -OCH3 is 1. The van der Waals surface area contributed by atoms with Gasteiger partial charge in [0.05, 0.1) is 26.7 Å². The van der Waals surface area contributed by atoms with Gasteiger partial charge in [-0.1, -0.05) is 6.07 Å². The van der Waals surface area contributed by atoms with Gasteiger partial charge in [0.25, 0.3) is 0 Å². The van der Waals surface area contributed by atoms with E-state index in [-0.39, 0.29) is 31.4 Å². The van der Waals surface area contributed by atoms with Crippen LogP contribution in [0.3, 0.4) is 0 Å². The molecule has 0 aromatic heterocycles. The lowest BCUT2D eigenvalue weighted by Crippen LogP contribution is -2.51. The van der Waals surface area contributed by atoms with E-state index in [1.165, 1.54) is 19.2 Å². The molecule has 1 aromatic carbocycles. The Labute approximate surface area is 104 Å². The Hall–Kier alpha value is -1.95. The SMILES string of the molecule is COc1ccc(CN2C(=O)CNCC2=O)c(F)c1. The van der Waals surface area contributed by atoms with E-state index in [9.17, 15) is 14.0 Å². The van der Waals surface area contributed by atoms with E-state index >= 15 is 0 Å². The van der Waals surface area contributed by atoms with E-state index in [2.05, 4.69) is 5.32 Å². The maximum atomic E-state index is 13.7. The zero-order valence-corrected chi connectivity index (χ0v) is 9.90. The molecule has 0 radical (unpaired) electrons. The van der Waals surface area contributed by atoms with E-state index in [0.717, 1.165) is 4.90 Å². The minimum Gasteiger partial charge on any atom is -0.497 e. The molecular formula is C12H13FN2O3. The van der Waals surface area contributed by atoms with Crippen molar-refractivity contribution in [1.82, 2.24) is 10.2 Å². The van der Waals surface area contributed by atoms with Crippen LogP contribution in [0.4, 0.5) is 4.39 Å². The van der Waals surface area contributed by atoms with Gasteiger partial charge in [0, 0.05) is 11.6 Å². The second-order valence-electron chi connectivity index (χ2n) is 3.93. The first-order chi connectivity index (χ1) is 8.61. The summed E-state index contributed by atoms with van der Waals surface area (Å²) in [6.07, 6.45) is 0. The average Bonchev–Trinajstić information content (AvgIpc) is 2.35. The molecule has 0 saturated carbocycles. The number of carbonyl (C=O) groups excluding carboxylic acids is 2. The number of nitrogens with one attached hydrogen (secondary N) is 1. The molecule has 2 amide bonds. The number of nitrogens with zero attached hydrogens (tertiary/aromatic N) is 1. The number of hydrogen-bond donors (Lipinski definition) is 1. The molecule has 1 saturated heterocycles. The Balaban J connectivity index is 2.17. The summed E-state index contributed by atoms with van der Waals surface area (Å²) in [6, 6.07) is 4.33. The van der Waals surface area contributed by atoms with Gasteiger partial charge in [-0.25, -0.2) is 4.39 Å². The Kier molecular flexibility index (Phi) is 3.57. The smallest absolute Gasteiger partial charge is 0.243 e. The van der Waals surface area contributed by atoms with E-state index < -0.39 is 5.82 Å². The molecule has 5 nitrogen and oxygen atoms in total. The predicted octanol–water partition coefficient (Wildman–Crippen LogP) is 0.293. The van der Waals surface area contributed by atoms with Crippen LogP contribution in [0.25, 0.3) is 0 Å². The highest BCUT2D eigenvalue weighted by atomic mass is 19.1. The van der Waals surface area contributed by atoms with E-state index in [1.807, 2.05) is 0 Å². The quantitative estimate of drug-likeness (QED) is 0.786. The molecular weight excluding hydrogens is 239 g/mol. The van der Waals surface area contributed by atoms with Gasteiger partial charge in [0.1, 0.15) is 11.6 Å². The number of benzene rings is 1. The van der Waals surface area contributed by atoms with Crippen molar-refractivity contribution in [2.24, 2.45) is 0 Å². The average molecular weight is 252 g/mol. The summed E-state index contributed by atoms with van der Waals surface area (Å²) in [5.74, 6) is -0.786. The number of carbonyl (C=O) groups is 2. The molecule has 2 rings (SSSR count). The molecule has 0 spiro atoms. The van der Waals surface area contributed by atoms with Crippen molar-refractivity contribution >= 4 is 11.8 Å². The molecule has 1 fully saturated rings. The molecule has 1 aliphatic rings. The third-order valence-electron chi connectivity index (χ3n) is 2.74. The van der Waals surface area contributed by atoms with Crippen LogP contribution in [-0.2, 0) is 16.1 Å². The molecule has 18 heavy (non-hydrogen) atoms. The summed E-state index contributed by atoms with van der Waals surface area (Å²) >= 11 is 0. The summed E-state index contributed by atoms with van der Waals surface area (Å²) in [7, 11) is 1.44. The standard InChI is InChI=1S/C12H13FN2O3/c1-18-9-3-2-8(10(13)4-9)7-15-11(16)5-14-6-12(15)17/h2-4,14H,5-7H2,1H3. The second kappa shape index (κ2) is 5.14. The Morgan fingerprint density at radius 1 is 1.33 bits per heavy atom. The lowest BCUT2D eigenvalue weighted by atomic mass is 10.1. The van der Waals surface area contributed by atoms with Gasteiger partial charge in [0.2, 0.25) is 11.8 Å². The van der Waals surface area contributed by atoms with Gasteiger partial charge < -0.3 is 4.74 Å². The van der Waals surface area contributed by atoms with Crippen LogP contribution < -0.4 is 10.1 Å². The van der Waals surface area contributed by atoms with Crippen LogP contribution in [0.15, 0.2) is 18.2 Å². The molecule has 1 aromatic rings. The molecule has 0 bridgehead atoms. The molecule has 0 atom stereocenters. The van der Waals surface area contributed by atoms with Gasteiger partial charge >= 0.3 is 0 Å². The van der Waals surface area contributed by atoms with Crippen molar-refractivity contribution in [1.29, 1.82) is 0 Å². The molecule has 0 aliphatic carbocycles. The van der Waals surface area contributed by atoms with Crippen molar-refractivity contribution in [3.63, 3.8) is 0 Å². The summed E-state index contributed by atoms with van der Waals surface area (Å²) < 4.78 is 18.6. The molecule has 96 valence electrons. The van der Waals surface area contributed by atoms with Crippen LogP contribution in [0.1, 0.15) is 5.56 Å². The number of amides is 2. The highest BCUT2D eigenvalue weighted by Crippen LogP contribution is 2.18. The minimum atomic E-state index is -0.492. The Morgan fingerprint density at radius 3 is 2.56 bits per heavy atom. The Bertz CT molecular complexity index is 474. The van der Waals surface area contributed by atoms with E-state index in [4.69, 9.17) is 4.74 Å². The van der Waals surface area contributed by atoms with Crippen molar-refractivity contribution in [2.45, 2.75) is 6.54 Å². The van der Waals surface area contributed by atoms with Crippen LogP contribution >= 0.6 is 0 Å². The maximum Gasteiger partial charge on any atom is 0.243 e. The first-order valence-corrected chi connectivity index (χ1v) is 5.48. The third-order valence-corrected chi connectivity index (χ3v) is 2.74. The van der Waals surface area contributed by atoms with Gasteiger partial charge in [-0.05, 0) is 6.07 Å². The molecule has 1 heterocycles. The second-order valence-corrected chi connectivity index (χ2v) is 3.93. The zero-order valence-electron chi connectivity index (χ0n) is 9.90. The number of hydrogen-bond acceptors (Lipinski definition) is 4. The summed E-state index contributed by atoms with van der Waals surface area (Å²) in [6.45, 7) is 0.155. The third kappa shape index (κ3) is 2.48. The van der Waals surface area contributed by atoms with Crippen LogP contribution in [0.5, 0.6) is 5.75 Å².